The highest BCUT2D eigenvalue weighted by atomic mass is 32.1. The number of thiophene rings is 1. The summed E-state index contributed by atoms with van der Waals surface area (Å²) in [5.41, 5.74) is 2.99. The van der Waals surface area contributed by atoms with E-state index in [2.05, 4.69) is 13.8 Å². The Morgan fingerprint density at radius 3 is 2.58 bits per heavy atom. The minimum atomic E-state index is -0.596. The number of rotatable bonds is 5. The van der Waals surface area contributed by atoms with Gasteiger partial charge in [-0.15, -0.1) is 11.3 Å². The van der Waals surface area contributed by atoms with Crippen molar-refractivity contribution in [2.24, 2.45) is 16.3 Å². The molecule has 0 fully saturated rings. The molecule has 1 aliphatic carbocycles. The van der Waals surface area contributed by atoms with E-state index < -0.39 is 5.92 Å². The van der Waals surface area contributed by atoms with E-state index in [4.69, 9.17) is 14.5 Å². The fourth-order valence-corrected chi connectivity index (χ4v) is 5.36. The number of benzene rings is 1. The molecule has 4 rings (SSSR count). The third-order valence-corrected chi connectivity index (χ3v) is 6.90. The minimum Gasteiger partial charge on any atom is -0.497 e. The molecule has 0 saturated heterocycles. The van der Waals surface area contributed by atoms with E-state index in [-0.39, 0.29) is 29.7 Å². The first-order valence-electron chi connectivity index (χ1n) is 10.4. The van der Waals surface area contributed by atoms with Gasteiger partial charge in [-0.05, 0) is 47.9 Å². The van der Waals surface area contributed by atoms with Crippen LogP contribution in [0.3, 0.4) is 0 Å². The number of carbonyl (C=O) groups is 2. The number of ether oxygens (including phenoxy) is 2. The van der Waals surface area contributed by atoms with Crippen LogP contribution in [0, 0.1) is 11.3 Å². The zero-order valence-corrected chi connectivity index (χ0v) is 19.1. The number of aliphatic imine (C=N–C) groups is 1. The molecule has 2 atom stereocenters. The lowest BCUT2D eigenvalue weighted by Crippen LogP contribution is -2.39. The summed E-state index contributed by atoms with van der Waals surface area (Å²) in [6, 6.07) is 11.4. The zero-order valence-electron chi connectivity index (χ0n) is 18.3. The maximum Gasteiger partial charge on any atom is 0.316 e. The van der Waals surface area contributed by atoms with Crippen molar-refractivity contribution < 1.29 is 19.1 Å². The van der Waals surface area contributed by atoms with Crippen LogP contribution >= 0.6 is 11.3 Å². The van der Waals surface area contributed by atoms with Gasteiger partial charge in [-0.1, -0.05) is 32.0 Å². The average Bonchev–Trinajstić information content (AvgIpc) is 3.25. The second-order valence-electron chi connectivity index (χ2n) is 8.98. The molecule has 0 radical (unpaired) electrons. The van der Waals surface area contributed by atoms with Crippen molar-refractivity contribution in [2.75, 3.05) is 7.11 Å². The Morgan fingerprint density at radius 2 is 1.94 bits per heavy atom. The van der Waals surface area contributed by atoms with Gasteiger partial charge in [-0.25, -0.2) is 0 Å². The van der Waals surface area contributed by atoms with E-state index in [0.717, 1.165) is 28.3 Å². The molecule has 0 amide bonds. The molecule has 1 aliphatic heterocycles. The van der Waals surface area contributed by atoms with Crippen molar-refractivity contribution in [3.05, 3.63) is 63.5 Å². The maximum atomic E-state index is 13.3. The quantitative estimate of drug-likeness (QED) is 0.594. The number of hydrogen-bond acceptors (Lipinski definition) is 6. The van der Waals surface area contributed by atoms with Gasteiger partial charge < -0.3 is 9.47 Å². The highest BCUT2D eigenvalue weighted by molar-refractivity contribution is 7.10. The van der Waals surface area contributed by atoms with E-state index in [1.165, 1.54) is 0 Å². The van der Waals surface area contributed by atoms with Gasteiger partial charge in [0.1, 0.15) is 18.3 Å². The molecule has 0 bridgehead atoms. The number of methoxy groups -OCH3 is 1. The molecular formula is C25H27NO4S. The molecule has 0 spiro atoms. The number of allylic oxidation sites excluding steroid dienone is 2. The molecule has 1 aromatic carbocycles. The summed E-state index contributed by atoms with van der Waals surface area (Å²) in [4.78, 5) is 32.2. The van der Waals surface area contributed by atoms with Crippen LogP contribution in [-0.4, -0.2) is 24.6 Å². The lowest BCUT2D eigenvalue weighted by molar-refractivity contribution is -0.147. The largest absolute Gasteiger partial charge is 0.497 e. The van der Waals surface area contributed by atoms with Crippen LogP contribution in [0.25, 0.3) is 0 Å². The van der Waals surface area contributed by atoms with Gasteiger partial charge >= 0.3 is 5.97 Å². The van der Waals surface area contributed by atoms with Crippen molar-refractivity contribution in [3.63, 3.8) is 0 Å². The Hall–Kier alpha value is -2.73. The monoisotopic (exact) mass is 437 g/mol. The Bertz CT molecular complexity index is 1050. The van der Waals surface area contributed by atoms with Gasteiger partial charge in [0, 0.05) is 34.2 Å². The number of Topliss-reactive ketones (excluding diaryl/α,β-unsaturated/α-hetero) is 1. The second kappa shape index (κ2) is 8.42. The Balaban J connectivity index is 1.63. The van der Waals surface area contributed by atoms with Crippen LogP contribution in [0.4, 0.5) is 0 Å². The molecule has 2 heterocycles. The fourth-order valence-electron chi connectivity index (χ4n) is 4.49. The van der Waals surface area contributed by atoms with Crippen LogP contribution in [0.15, 0.2) is 58.0 Å². The summed E-state index contributed by atoms with van der Waals surface area (Å²) in [5, 5.41) is 1.98. The van der Waals surface area contributed by atoms with Gasteiger partial charge in [0.25, 0.3) is 0 Å². The average molecular weight is 438 g/mol. The first kappa shape index (κ1) is 21.5. The summed E-state index contributed by atoms with van der Waals surface area (Å²) in [5.74, 6) is -0.435. The summed E-state index contributed by atoms with van der Waals surface area (Å²) in [7, 11) is 1.61. The lowest BCUT2D eigenvalue weighted by atomic mass is 9.68. The fraction of sp³-hybridized carbons (Fsp3) is 0.400. The molecule has 1 aromatic heterocycles. The highest BCUT2D eigenvalue weighted by Gasteiger charge is 2.46. The van der Waals surface area contributed by atoms with Crippen LogP contribution in [-0.2, 0) is 20.9 Å². The SMILES string of the molecule is COc1ccc(COC(=O)C2C(C)=NC3=C(C(=O)CC(C)(C)C3)[C@@H]2c2cccs2)cc1. The molecule has 2 aromatic rings. The van der Waals surface area contributed by atoms with Gasteiger partial charge in [-0.3, -0.25) is 14.6 Å². The molecule has 0 N–H and O–H groups in total. The normalized spacial score (nSPS) is 22.6. The molecule has 0 saturated carbocycles. The van der Waals surface area contributed by atoms with E-state index in [1.807, 2.05) is 48.7 Å². The Labute approximate surface area is 186 Å². The van der Waals surface area contributed by atoms with E-state index >= 15 is 0 Å². The second-order valence-corrected chi connectivity index (χ2v) is 9.96. The Kier molecular flexibility index (Phi) is 5.84. The number of carbonyl (C=O) groups excluding carboxylic acids is 2. The molecule has 2 aliphatic rings. The van der Waals surface area contributed by atoms with E-state index in [1.54, 1.807) is 18.4 Å². The van der Waals surface area contributed by atoms with Gasteiger partial charge in [0.15, 0.2) is 5.78 Å². The summed E-state index contributed by atoms with van der Waals surface area (Å²) in [6.45, 7) is 6.22. The molecule has 162 valence electrons. The van der Waals surface area contributed by atoms with E-state index in [9.17, 15) is 9.59 Å². The van der Waals surface area contributed by atoms with Crippen LogP contribution in [0.1, 0.15) is 50.0 Å². The third kappa shape index (κ3) is 4.35. The van der Waals surface area contributed by atoms with Crippen LogP contribution in [0.5, 0.6) is 5.75 Å². The lowest BCUT2D eigenvalue weighted by Gasteiger charge is -2.38. The predicted octanol–water partition coefficient (Wildman–Crippen LogP) is 5.32. The number of esters is 1. The van der Waals surface area contributed by atoms with Crippen molar-refractivity contribution in [2.45, 2.75) is 46.1 Å². The molecule has 31 heavy (non-hydrogen) atoms. The van der Waals surface area contributed by atoms with E-state index in [0.29, 0.717) is 17.7 Å². The minimum absolute atomic E-state index is 0.0915. The predicted molar refractivity (Wildman–Crippen MR) is 121 cm³/mol. The molecule has 1 unspecified atom stereocenters. The van der Waals surface area contributed by atoms with Gasteiger partial charge in [0.05, 0.1) is 7.11 Å². The van der Waals surface area contributed by atoms with Crippen molar-refractivity contribution >= 4 is 28.8 Å². The molecule has 6 heteroatoms. The van der Waals surface area contributed by atoms with Gasteiger partial charge in [-0.2, -0.15) is 0 Å². The highest BCUT2D eigenvalue weighted by Crippen LogP contribution is 2.48. The first-order chi connectivity index (χ1) is 14.8. The standard InChI is InChI=1S/C25H27NO4S/c1-15-21(24(28)30-14-16-7-9-17(29-4)10-8-16)23(20-6-5-11-31-20)22-18(26-15)12-25(2,3)13-19(22)27/h5-11,21,23H,12-14H2,1-4H3/t21?,23-/m1/s1. The topological polar surface area (TPSA) is 65.0 Å². The van der Waals surface area contributed by atoms with Crippen molar-refractivity contribution in [1.29, 1.82) is 0 Å². The zero-order chi connectivity index (χ0) is 22.2. The summed E-state index contributed by atoms with van der Waals surface area (Å²) >= 11 is 1.57. The number of nitrogens with zero attached hydrogens (tertiary/aromatic N) is 1. The maximum absolute atomic E-state index is 13.3. The third-order valence-electron chi connectivity index (χ3n) is 5.95. The number of ketones is 1. The summed E-state index contributed by atoms with van der Waals surface area (Å²) in [6.07, 6.45) is 1.21. The summed E-state index contributed by atoms with van der Waals surface area (Å²) < 4.78 is 10.9. The van der Waals surface area contributed by atoms with Gasteiger partial charge in [0.2, 0.25) is 0 Å². The number of hydrogen-bond donors (Lipinski definition) is 0. The molecular weight excluding hydrogens is 410 g/mol. The smallest absolute Gasteiger partial charge is 0.316 e. The Morgan fingerprint density at radius 1 is 1.19 bits per heavy atom. The van der Waals surface area contributed by atoms with Crippen LogP contribution in [0.2, 0.25) is 0 Å². The first-order valence-corrected chi connectivity index (χ1v) is 11.3. The molecule has 5 nitrogen and oxygen atoms in total. The van der Waals surface area contributed by atoms with Crippen LogP contribution < -0.4 is 4.74 Å². The van der Waals surface area contributed by atoms with Crippen molar-refractivity contribution in [1.82, 2.24) is 0 Å². The van der Waals surface area contributed by atoms with Crippen molar-refractivity contribution in [3.8, 4) is 5.75 Å².